The minimum atomic E-state index is -1.08. The molecule has 0 unspecified atom stereocenters. The zero-order valence-corrected chi connectivity index (χ0v) is 10.2. The molecule has 3 aromatic rings. The average molecular weight is 260 g/mol. The molecule has 0 aliphatic carbocycles. The van der Waals surface area contributed by atoms with Gasteiger partial charge in [0.2, 0.25) is 0 Å². The molecule has 0 bridgehead atoms. The number of imidazole rings is 1. The van der Waals surface area contributed by atoms with Crippen LogP contribution in [0.5, 0.6) is 0 Å². The third-order valence-corrected chi connectivity index (χ3v) is 3.21. The molecule has 0 aliphatic rings. The molecule has 0 aromatic carbocycles. The number of aromatic carboxylic acids is 1. The third kappa shape index (κ3) is 1.56. The highest BCUT2D eigenvalue weighted by molar-refractivity contribution is 7.03. The van der Waals surface area contributed by atoms with Gasteiger partial charge in [0.15, 0.2) is 11.3 Å². The van der Waals surface area contributed by atoms with Crippen LogP contribution in [0.25, 0.3) is 16.9 Å². The van der Waals surface area contributed by atoms with Gasteiger partial charge >= 0.3 is 5.97 Å². The summed E-state index contributed by atoms with van der Waals surface area (Å²) in [5.74, 6) is -1.08. The van der Waals surface area contributed by atoms with Crippen molar-refractivity contribution >= 4 is 23.1 Å². The SMILES string of the molecule is Cc1cc(-c2cnsc2)nc2c(C(=O)O)ncn12. The van der Waals surface area contributed by atoms with Gasteiger partial charge in [-0.15, -0.1) is 0 Å². The Balaban J connectivity index is 2.31. The van der Waals surface area contributed by atoms with Crippen molar-refractivity contribution in [3.05, 3.63) is 35.4 Å². The van der Waals surface area contributed by atoms with Crippen molar-refractivity contribution in [2.24, 2.45) is 0 Å². The van der Waals surface area contributed by atoms with E-state index in [9.17, 15) is 4.79 Å². The van der Waals surface area contributed by atoms with Gasteiger partial charge in [-0.05, 0) is 24.5 Å². The molecule has 0 amide bonds. The summed E-state index contributed by atoms with van der Waals surface area (Å²) in [7, 11) is 0. The first-order valence-electron chi connectivity index (χ1n) is 5.14. The van der Waals surface area contributed by atoms with Gasteiger partial charge in [0, 0.05) is 16.6 Å². The molecule has 0 saturated carbocycles. The van der Waals surface area contributed by atoms with Crippen LogP contribution in [0.2, 0.25) is 0 Å². The number of carboxylic acid groups (broad SMARTS) is 1. The highest BCUT2D eigenvalue weighted by Crippen LogP contribution is 2.21. The number of carboxylic acids is 1. The lowest BCUT2D eigenvalue weighted by atomic mass is 10.2. The fraction of sp³-hybridized carbons (Fsp3) is 0.0909. The largest absolute Gasteiger partial charge is 0.476 e. The molecule has 0 atom stereocenters. The van der Waals surface area contributed by atoms with Gasteiger partial charge in [0.05, 0.1) is 11.9 Å². The molecule has 0 aliphatic heterocycles. The molecule has 3 rings (SSSR count). The van der Waals surface area contributed by atoms with Crippen molar-refractivity contribution in [1.82, 2.24) is 18.7 Å². The molecule has 0 radical (unpaired) electrons. The van der Waals surface area contributed by atoms with Crippen LogP contribution in [-0.4, -0.2) is 29.8 Å². The Kier molecular flexibility index (Phi) is 2.34. The monoisotopic (exact) mass is 260 g/mol. The zero-order valence-electron chi connectivity index (χ0n) is 9.36. The summed E-state index contributed by atoms with van der Waals surface area (Å²) in [5.41, 5.74) is 2.77. The molecule has 1 N–H and O–H groups in total. The van der Waals surface area contributed by atoms with E-state index in [1.807, 2.05) is 18.4 Å². The smallest absolute Gasteiger partial charge is 0.358 e. The highest BCUT2D eigenvalue weighted by Gasteiger charge is 2.15. The minimum absolute atomic E-state index is 0.0388. The quantitative estimate of drug-likeness (QED) is 0.760. The van der Waals surface area contributed by atoms with Crippen LogP contribution >= 0.6 is 11.5 Å². The molecule has 7 heteroatoms. The van der Waals surface area contributed by atoms with Crippen LogP contribution < -0.4 is 0 Å². The maximum atomic E-state index is 11.1. The van der Waals surface area contributed by atoms with Gasteiger partial charge in [0.1, 0.15) is 6.33 Å². The van der Waals surface area contributed by atoms with Gasteiger partial charge in [-0.2, -0.15) is 0 Å². The van der Waals surface area contributed by atoms with Crippen LogP contribution in [0, 0.1) is 6.92 Å². The Hall–Kier alpha value is -2.28. The molecule has 0 spiro atoms. The van der Waals surface area contributed by atoms with Gasteiger partial charge < -0.3 is 5.11 Å². The molecular formula is C11H8N4O2S. The lowest BCUT2D eigenvalue weighted by Gasteiger charge is -2.03. The van der Waals surface area contributed by atoms with E-state index in [1.165, 1.54) is 17.9 Å². The second-order valence-electron chi connectivity index (χ2n) is 3.79. The maximum Gasteiger partial charge on any atom is 0.358 e. The molecule has 3 aromatic heterocycles. The first-order chi connectivity index (χ1) is 8.66. The van der Waals surface area contributed by atoms with E-state index < -0.39 is 5.97 Å². The van der Waals surface area contributed by atoms with E-state index in [-0.39, 0.29) is 5.69 Å². The molecular weight excluding hydrogens is 252 g/mol. The van der Waals surface area contributed by atoms with Crippen LogP contribution in [-0.2, 0) is 0 Å². The van der Waals surface area contributed by atoms with E-state index in [2.05, 4.69) is 14.3 Å². The van der Waals surface area contributed by atoms with Crippen LogP contribution in [0.3, 0.4) is 0 Å². The predicted octanol–water partition coefficient (Wildman–Crippen LogP) is 1.86. The summed E-state index contributed by atoms with van der Waals surface area (Å²) in [5, 5.41) is 10.9. The van der Waals surface area contributed by atoms with E-state index >= 15 is 0 Å². The Morgan fingerprint density at radius 2 is 2.33 bits per heavy atom. The summed E-state index contributed by atoms with van der Waals surface area (Å²) in [6, 6.07) is 1.88. The number of aromatic nitrogens is 4. The molecule has 0 fully saturated rings. The maximum absolute atomic E-state index is 11.1. The van der Waals surface area contributed by atoms with Crippen molar-refractivity contribution in [3.63, 3.8) is 0 Å². The molecule has 3 heterocycles. The second-order valence-corrected chi connectivity index (χ2v) is 4.45. The number of fused-ring (bicyclic) bond motifs is 1. The van der Waals surface area contributed by atoms with Crippen LogP contribution in [0.4, 0.5) is 0 Å². The van der Waals surface area contributed by atoms with Crippen molar-refractivity contribution in [3.8, 4) is 11.3 Å². The van der Waals surface area contributed by atoms with E-state index in [0.717, 1.165) is 11.3 Å². The fourth-order valence-corrected chi connectivity index (χ4v) is 2.28. The third-order valence-electron chi connectivity index (χ3n) is 2.62. The number of hydrogen-bond donors (Lipinski definition) is 1. The van der Waals surface area contributed by atoms with Gasteiger partial charge in [0.25, 0.3) is 0 Å². The number of carbonyl (C=O) groups is 1. The second kappa shape index (κ2) is 3.88. The first-order valence-corrected chi connectivity index (χ1v) is 5.98. The van der Waals surface area contributed by atoms with Crippen LogP contribution in [0.1, 0.15) is 16.2 Å². The Bertz CT molecular complexity index is 733. The standard InChI is InChI=1S/C11H8N4O2S/c1-6-2-8(7-3-13-18-4-7)14-10-9(11(16)17)12-5-15(6)10/h2-5H,1H3,(H,16,17). The first kappa shape index (κ1) is 10.8. The zero-order chi connectivity index (χ0) is 12.7. The predicted molar refractivity (Wildman–Crippen MR) is 65.8 cm³/mol. The number of aryl methyl sites for hydroxylation is 1. The molecule has 6 nitrogen and oxygen atoms in total. The van der Waals surface area contributed by atoms with Crippen molar-refractivity contribution < 1.29 is 9.90 Å². The summed E-state index contributed by atoms with van der Waals surface area (Å²) >= 11 is 1.33. The fourth-order valence-electron chi connectivity index (χ4n) is 1.75. The summed E-state index contributed by atoms with van der Waals surface area (Å²) in [4.78, 5) is 19.3. The van der Waals surface area contributed by atoms with Crippen molar-refractivity contribution in [1.29, 1.82) is 0 Å². The lowest BCUT2D eigenvalue weighted by Crippen LogP contribution is -2.01. The van der Waals surface area contributed by atoms with Crippen molar-refractivity contribution in [2.45, 2.75) is 6.92 Å². The Labute approximate surface area is 106 Å². The normalized spacial score (nSPS) is 10.9. The van der Waals surface area contributed by atoms with E-state index in [4.69, 9.17) is 5.11 Å². The number of nitrogens with zero attached hydrogens (tertiary/aromatic N) is 4. The summed E-state index contributed by atoms with van der Waals surface area (Å²) in [6.07, 6.45) is 3.18. The van der Waals surface area contributed by atoms with Crippen molar-refractivity contribution in [2.75, 3.05) is 0 Å². The summed E-state index contributed by atoms with van der Waals surface area (Å²) < 4.78 is 5.68. The van der Waals surface area contributed by atoms with Crippen LogP contribution in [0.15, 0.2) is 24.0 Å². The Morgan fingerprint density at radius 1 is 1.50 bits per heavy atom. The highest BCUT2D eigenvalue weighted by atomic mass is 32.1. The van der Waals surface area contributed by atoms with Gasteiger partial charge in [-0.25, -0.2) is 19.1 Å². The van der Waals surface area contributed by atoms with Gasteiger partial charge in [-0.3, -0.25) is 4.40 Å². The molecule has 0 saturated heterocycles. The Morgan fingerprint density at radius 3 is 3.00 bits per heavy atom. The number of hydrogen-bond acceptors (Lipinski definition) is 5. The number of rotatable bonds is 2. The lowest BCUT2D eigenvalue weighted by molar-refractivity contribution is 0.0693. The average Bonchev–Trinajstić information content (AvgIpc) is 2.97. The molecule has 90 valence electrons. The van der Waals surface area contributed by atoms with Gasteiger partial charge in [-0.1, -0.05) is 0 Å². The molecule has 18 heavy (non-hydrogen) atoms. The topological polar surface area (TPSA) is 80.4 Å². The summed E-state index contributed by atoms with van der Waals surface area (Å²) in [6.45, 7) is 1.88. The van der Waals surface area contributed by atoms with E-state index in [1.54, 1.807) is 10.6 Å². The van der Waals surface area contributed by atoms with E-state index in [0.29, 0.717) is 11.3 Å². The minimum Gasteiger partial charge on any atom is -0.476 e.